The number of hydrogen-bond acceptors (Lipinski definition) is 1. The van der Waals surface area contributed by atoms with Crippen LogP contribution in [-0.4, -0.2) is 6.54 Å². The summed E-state index contributed by atoms with van der Waals surface area (Å²) in [5.74, 6) is -0.411. The molecule has 5 heteroatoms. The molecule has 0 aromatic heterocycles. The summed E-state index contributed by atoms with van der Waals surface area (Å²) in [6.45, 7) is 5.02. The molecule has 0 aliphatic rings. The van der Waals surface area contributed by atoms with Crippen molar-refractivity contribution in [3.05, 3.63) is 35.1 Å². The van der Waals surface area contributed by atoms with E-state index >= 15 is 0 Å². The zero-order valence-corrected chi connectivity index (χ0v) is 10.4. The number of rotatable bonds is 5. The lowest BCUT2D eigenvalue weighted by Gasteiger charge is -2.12. The summed E-state index contributed by atoms with van der Waals surface area (Å²) in [7, 11) is 0. The van der Waals surface area contributed by atoms with Crippen LogP contribution in [0.4, 0.5) is 17.6 Å². The van der Waals surface area contributed by atoms with Gasteiger partial charge in [0, 0.05) is 6.54 Å². The monoisotopic (exact) mass is 263 g/mol. The molecule has 0 heterocycles. The number of hydrogen-bond donors (Lipinski definition) is 1. The maximum absolute atomic E-state index is 13.1. The predicted molar refractivity (Wildman–Crippen MR) is 62.6 cm³/mol. The summed E-state index contributed by atoms with van der Waals surface area (Å²) < 4.78 is 50.5. The molecule has 0 saturated carbocycles. The summed E-state index contributed by atoms with van der Waals surface area (Å²) in [6.07, 6.45) is -3.52. The van der Waals surface area contributed by atoms with E-state index in [0.717, 1.165) is 18.6 Å². The van der Waals surface area contributed by atoms with Gasteiger partial charge in [-0.15, -0.1) is 0 Å². The van der Waals surface area contributed by atoms with E-state index < -0.39 is 17.6 Å². The van der Waals surface area contributed by atoms with Crippen molar-refractivity contribution in [2.75, 3.05) is 6.54 Å². The Morgan fingerprint density at radius 1 is 1.22 bits per heavy atom. The highest BCUT2D eigenvalue weighted by molar-refractivity contribution is 5.26. The maximum Gasteiger partial charge on any atom is 0.416 e. The Labute approximate surface area is 104 Å². The summed E-state index contributed by atoms with van der Waals surface area (Å²) in [4.78, 5) is 0. The van der Waals surface area contributed by atoms with Gasteiger partial charge in [-0.1, -0.05) is 20.3 Å². The molecule has 1 aromatic rings. The molecule has 102 valence electrons. The molecular weight excluding hydrogens is 246 g/mol. The molecule has 0 aliphatic carbocycles. The van der Waals surface area contributed by atoms with Crippen LogP contribution >= 0.6 is 0 Å². The average Bonchev–Trinajstić information content (AvgIpc) is 2.27. The molecule has 0 bridgehead atoms. The van der Waals surface area contributed by atoms with E-state index in [1.54, 1.807) is 0 Å². The van der Waals surface area contributed by atoms with Crippen LogP contribution in [0, 0.1) is 11.7 Å². The quantitative estimate of drug-likeness (QED) is 0.792. The SMILES string of the molecule is CCC(C)CNCc1cc(F)cc(C(F)(F)F)c1. The molecule has 0 aliphatic heterocycles. The zero-order valence-electron chi connectivity index (χ0n) is 10.4. The van der Waals surface area contributed by atoms with Crippen LogP contribution < -0.4 is 5.32 Å². The topological polar surface area (TPSA) is 12.0 Å². The Hall–Kier alpha value is -1.10. The first-order valence-electron chi connectivity index (χ1n) is 5.90. The van der Waals surface area contributed by atoms with E-state index in [0.29, 0.717) is 24.1 Å². The minimum atomic E-state index is -4.51. The van der Waals surface area contributed by atoms with Crippen LogP contribution in [0.3, 0.4) is 0 Å². The number of halogens is 4. The average molecular weight is 263 g/mol. The Bertz CT molecular complexity index is 387. The first kappa shape index (κ1) is 15.0. The van der Waals surface area contributed by atoms with Crippen LogP contribution in [0.15, 0.2) is 18.2 Å². The number of benzene rings is 1. The highest BCUT2D eigenvalue weighted by Crippen LogP contribution is 2.30. The Morgan fingerprint density at radius 2 is 1.89 bits per heavy atom. The van der Waals surface area contributed by atoms with E-state index in [1.807, 2.05) is 13.8 Å². The minimum Gasteiger partial charge on any atom is -0.312 e. The van der Waals surface area contributed by atoms with Crippen molar-refractivity contribution in [3.63, 3.8) is 0 Å². The van der Waals surface area contributed by atoms with Crippen molar-refractivity contribution in [2.24, 2.45) is 5.92 Å². The lowest BCUT2D eigenvalue weighted by Crippen LogP contribution is -2.20. The van der Waals surface area contributed by atoms with Crippen LogP contribution in [-0.2, 0) is 12.7 Å². The summed E-state index contributed by atoms with van der Waals surface area (Å²) in [5, 5.41) is 3.02. The van der Waals surface area contributed by atoms with Crippen molar-refractivity contribution >= 4 is 0 Å². The molecule has 1 atom stereocenters. The van der Waals surface area contributed by atoms with Crippen LogP contribution in [0.2, 0.25) is 0 Å². The lowest BCUT2D eigenvalue weighted by atomic mass is 10.1. The van der Waals surface area contributed by atoms with Gasteiger partial charge in [-0.3, -0.25) is 0 Å². The second-order valence-electron chi connectivity index (χ2n) is 4.49. The molecule has 1 aromatic carbocycles. The van der Waals surface area contributed by atoms with E-state index in [-0.39, 0.29) is 6.54 Å². The third kappa shape index (κ3) is 4.64. The number of alkyl halides is 3. The Morgan fingerprint density at radius 3 is 2.44 bits per heavy atom. The molecule has 18 heavy (non-hydrogen) atoms. The molecule has 0 fully saturated rings. The molecule has 0 amide bonds. The predicted octanol–water partition coefficient (Wildman–Crippen LogP) is 3.98. The fraction of sp³-hybridized carbons (Fsp3) is 0.538. The van der Waals surface area contributed by atoms with Gasteiger partial charge in [-0.2, -0.15) is 13.2 Å². The van der Waals surface area contributed by atoms with Crippen molar-refractivity contribution in [3.8, 4) is 0 Å². The van der Waals surface area contributed by atoms with Crippen molar-refractivity contribution in [1.82, 2.24) is 5.32 Å². The first-order chi connectivity index (χ1) is 8.32. The van der Waals surface area contributed by atoms with Gasteiger partial charge in [0.25, 0.3) is 0 Å². The summed E-state index contributed by atoms with van der Waals surface area (Å²) >= 11 is 0. The first-order valence-corrected chi connectivity index (χ1v) is 5.90. The smallest absolute Gasteiger partial charge is 0.312 e. The normalized spacial score (nSPS) is 13.7. The van der Waals surface area contributed by atoms with Gasteiger partial charge in [-0.25, -0.2) is 4.39 Å². The third-order valence-corrected chi connectivity index (χ3v) is 2.80. The fourth-order valence-corrected chi connectivity index (χ4v) is 1.52. The maximum atomic E-state index is 13.1. The second kappa shape index (κ2) is 6.18. The molecule has 1 nitrogen and oxygen atoms in total. The highest BCUT2D eigenvalue weighted by atomic mass is 19.4. The van der Waals surface area contributed by atoms with Crippen LogP contribution in [0.1, 0.15) is 31.4 Å². The standard InChI is InChI=1S/C13H17F4N/c1-3-9(2)7-18-8-10-4-11(13(15,16)17)6-12(14)5-10/h4-6,9,18H,3,7-8H2,1-2H3. The molecule has 0 saturated heterocycles. The van der Waals surface area contributed by atoms with Crippen molar-refractivity contribution in [1.29, 1.82) is 0 Å². The van der Waals surface area contributed by atoms with E-state index in [9.17, 15) is 17.6 Å². The van der Waals surface area contributed by atoms with Gasteiger partial charge < -0.3 is 5.32 Å². The highest BCUT2D eigenvalue weighted by Gasteiger charge is 2.31. The van der Waals surface area contributed by atoms with Gasteiger partial charge in [0.2, 0.25) is 0 Å². The zero-order chi connectivity index (χ0) is 13.8. The lowest BCUT2D eigenvalue weighted by molar-refractivity contribution is -0.137. The van der Waals surface area contributed by atoms with Crippen LogP contribution in [0.5, 0.6) is 0 Å². The summed E-state index contributed by atoms with van der Waals surface area (Å²) in [5.41, 5.74) is -0.631. The van der Waals surface area contributed by atoms with Gasteiger partial charge >= 0.3 is 6.18 Å². The minimum absolute atomic E-state index is 0.241. The third-order valence-electron chi connectivity index (χ3n) is 2.80. The van der Waals surface area contributed by atoms with Gasteiger partial charge in [0.1, 0.15) is 5.82 Å². The fourth-order valence-electron chi connectivity index (χ4n) is 1.52. The van der Waals surface area contributed by atoms with Gasteiger partial charge in [0.05, 0.1) is 5.56 Å². The van der Waals surface area contributed by atoms with E-state index in [1.165, 1.54) is 0 Å². The molecule has 1 unspecified atom stereocenters. The molecular formula is C13H17F4N. The van der Waals surface area contributed by atoms with E-state index in [2.05, 4.69) is 5.32 Å². The van der Waals surface area contributed by atoms with Crippen LogP contribution in [0.25, 0.3) is 0 Å². The molecule has 0 spiro atoms. The molecule has 1 rings (SSSR count). The van der Waals surface area contributed by atoms with Crippen molar-refractivity contribution < 1.29 is 17.6 Å². The van der Waals surface area contributed by atoms with Gasteiger partial charge in [0.15, 0.2) is 0 Å². The van der Waals surface area contributed by atoms with Crippen molar-refractivity contribution in [2.45, 2.75) is 33.0 Å². The second-order valence-corrected chi connectivity index (χ2v) is 4.49. The Balaban J connectivity index is 2.69. The Kier molecular flexibility index (Phi) is 5.14. The number of nitrogens with one attached hydrogen (secondary N) is 1. The summed E-state index contributed by atoms with van der Waals surface area (Å²) in [6, 6.07) is 2.61. The van der Waals surface area contributed by atoms with E-state index in [4.69, 9.17) is 0 Å². The van der Waals surface area contributed by atoms with Gasteiger partial charge in [-0.05, 0) is 36.2 Å². The molecule has 1 N–H and O–H groups in total. The largest absolute Gasteiger partial charge is 0.416 e. The molecule has 0 radical (unpaired) electrons.